The van der Waals surface area contributed by atoms with Gasteiger partial charge in [0.1, 0.15) is 17.6 Å². The maximum absolute atomic E-state index is 14.8. The molecule has 1 aliphatic heterocycles. The molecule has 2 aliphatic rings. The summed E-state index contributed by atoms with van der Waals surface area (Å²) in [5, 5.41) is 9.36. The van der Waals surface area contributed by atoms with Gasteiger partial charge in [-0.3, -0.25) is 4.99 Å². The minimum atomic E-state index is -0.566. The van der Waals surface area contributed by atoms with Gasteiger partial charge in [-0.2, -0.15) is 5.26 Å². The molecule has 0 spiro atoms. The van der Waals surface area contributed by atoms with E-state index in [9.17, 15) is 4.39 Å². The zero-order valence-electron chi connectivity index (χ0n) is 14.6. The van der Waals surface area contributed by atoms with Crippen LogP contribution < -0.4 is 5.73 Å². The lowest BCUT2D eigenvalue weighted by atomic mass is 9.80. The van der Waals surface area contributed by atoms with Gasteiger partial charge in [-0.25, -0.2) is 9.37 Å². The molecule has 1 fully saturated rings. The first-order valence-electron chi connectivity index (χ1n) is 8.77. The topological polar surface area (TPSA) is 75.1 Å². The van der Waals surface area contributed by atoms with Crippen molar-refractivity contribution in [3.05, 3.63) is 64.7 Å². The SMILES string of the molecule is N#Cc1ccc(C#Cc2ccc(F)c(C34CCCC3CSC(N)=N4)c2)nc1. The van der Waals surface area contributed by atoms with Gasteiger partial charge in [0, 0.05) is 23.1 Å². The van der Waals surface area contributed by atoms with Crippen LogP contribution in [0.5, 0.6) is 0 Å². The van der Waals surface area contributed by atoms with Gasteiger partial charge in [-0.05, 0) is 55.0 Å². The predicted molar refractivity (Wildman–Crippen MR) is 104 cm³/mol. The van der Waals surface area contributed by atoms with Crippen molar-refractivity contribution in [1.82, 2.24) is 4.98 Å². The number of aromatic nitrogens is 1. The molecule has 2 aromatic rings. The van der Waals surface area contributed by atoms with Crippen LogP contribution in [0.1, 0.15) is 41.6 Å². The van der Waals surface area contributed by atoms with Crippen LogP contribution in [0.2, 0.25) is 0 Å². The van der Waals surface area contributed by atoms with Gasteiger partial charge in [0.15, 0.2) is 5.17 Å². The third-order valence-electron chi connectivity index (χ3n) is 5.19. The third kappa shape index (κ3) is 3.29. The smallest absolute Gasteiger partial charge is 0.154 e. The summed E-state index contributed by atoms with van der Waals surface area (Å²) in [6, 6.07) is 10.3. The Morgan fingerprint density at radius 2 is 2.07 bits per heavy atom. The Morgan fingerprint density at radius 1 is 1.22 bits per heavy atom. The lowest BCUT2D eigenvalue weighted by molar-refractivity contribution is 0.341. The van der Waals surface area contributed by atoms with Crippen molar-refractivity contribution in [2.24, 2.45) is 16.6 Å². The van der Waals surface area contributed by atoms with Crippen molar-refractivity contribution >= 4 is 16.9 Å². The van der Waals surface area contributed by atoms with Crippen molar-refractivity contribution in [3.8, 4) is 17.9 Å². The minimum Gasteiger partial charge on any atom is -0.379 e. The number of amidine groups is 1. The average Bonchev–Trinajstić information content (AvgIpc) is 3.11. The summed E-state index contributed by atoms with van der Waals surface area (Å²) in [7, 11) is 0. The van der Waals surface area contributed by atoms with E-state index in [1.807, 2.05) is 6.07 Å². The lowest BCUT2D eigenvalue weighted by Gasteiger charge is -2.36. The first-order chi connectivity index (χ1) is 13.1. The zero-order valence-corrected chi connectivity index (χ0v) is 15.4. The number of thioether (sulfide) groups is 1. The first-order valence-corrected chi connectivity index (χ1v) is 9.75. The Kier molecular flexibility index (Phi) is 4.59. The van der Waals surface area contributed by atoms with E-state index in [0.717, 1.165) is 25.0 Å². The van der Waals surface area contributed by atoms with Crippen LogP contribution in [0.4, 0.5) is 4.39 Å². The quantitative estimate of drug-likeness (QED) is 0.773. The first kappa shape index (κ1) is 17.6. The second-order valence-corrected chi connectivity index (χ2v) is 7.80. The molecule has 2 atom stereocenters. The van der Waals surface area contributed by atoms with E-state index in [-0.39, 0.29) is 5.82 Å². The predicted octanol–water partition coefficient (Wildman–Crippen LogP) is 3.55. The van der Waals surface area contributed by atoms with Gasteiger partial charge >= 0.3 is 0 Å². The van der Waals surface area contributed by atoms with Gasteiger partial charge in [0.2, 0.25) is 0 Å². The van der Waals surface area contributed by atoms with E-state index >= 15 is 0 Å². The number of fused-ring (bicyclic) bond motifs is 1. The van der Waals surface area contributed by atoms with Gasteiger partial charge in [-0.15, -0.1) is 0 Å². The van der Waals surface area contributed by atoms with E-state index in [4.69, 9.17) is 16.0 Å². The van der Waals surface area contributed by atoms with E-state index < -0.39 is 5.54 Å². The molecule has 0 saturated heterocycles. The fourth-order valence-electron chi connectivity index (χ4n) is 3.86. The molecular formula is C21H17FN4S. The molecule has 1 aromatic carbocycles. The number of nitrogens with two attached hydrogens (primary N) is 1. The number of nitrogens with zero attached hydrogens (tertiary/aromatic N) is 3. The molecule has 1 aliphatic carbocycles. The summed E-state index contributed by atoms with van der Waals surface area (Å²) in [4.78, 5) is 8.86. The molecule has 2 N–H and O–H groups in total. The number of hydrogen-bond donors (Lipinski definition) is 1. The maximum Gasteiger partial charge on any atom is 0.154 e. The summed E-state index contributed by atoms with van der Waals surface area (Å²) in [6.07, 6.45) is 4.35. The van der Waals surface area contributed by atoms with Crippen molar-refractivity contribution in [2.45, 2.75) is 24.8 Å². The summed E-state index contributed by atoms with van der Waals surface area (Å²) < 4.78 is 14.8. The van der Waals surface area contributed by atoms with Crippen LogP contribution in [0.15, 0.2) is 41.5 Å². The summed E-state index contributed by atoms with van der Waals surface area (Å²) in [5.74, 6) is 6.93. The highest BCUT2D eigenvalue weighted by molar-refractivity contribution is 8.13. The Morgan fingerprint density at radius 3 is 2.85 bits per heavy atom. The largest absolute Gasteiger partial charge is 0.379 e. The fourth-order valence-corrected chi connectivity index (χ4v) is 4.91. The number of nitriles is 1. The molecule has 1 saturated carbocycles. The number of halogens is 1. The van der Waals surface area contributed by atoms with Crippen LogP contribution in [-0.2, 0) is 5.54 Å². The second-order valence-electron chi connectivity index (χ2n) is 6.76. The zero-order chi connectivity index (χ0) is 18.9. The number of aliphatic imine (C=N–C) groups is 1. The molecule has 2 heterocycles. The summed E-state index contributed by atoms with van der Waals surface area (Å²) in [5.41, 5.74) is 7.78. The summed E-state index contributed by atoms with van der Waals surface area (Å²) in [6.45, 7) is 0. The van der Waals surface area contributed by atoms with E-state index in [2.05, 4.69) is 16.8 Å². The van der Waals surface area contributed by atoms with Gasteiger partial charge in [-0.1, -0.05) is 24.1 Å². The monoisotopic (exact) mass is 376 g/mol. The van der Waals surface area contributed by atoms with E-state index in [1.165, 1.54) is 12.3 Å². The molecule has 0 bridgehead atoms. The number of rotatable bonds is 1. The Balaban J connectivity index is 1.71. The molecule has 4 nitrogen and oxygen atoms in total. The van der Waals surface area contributed by atoms with Crippen molar-refractivity contribution in [2.75, 3.05) is 5.75 Å². The summed E-state index contributed by atoms with van der Waals surface area (Å²) >= 11 is 1.55. The third-order valence-corrected chi connectivity index (χ3v) is 6.14. The normalized spacial score (nSPS) is 23.6. The molecule has 6 heteroatoms. The van der Waals surface area contributed by atoms with Gasteiger partial charge < -0.3 is 5.73 Å². The number of benzene rings is 1. The molecule has 0 amide bonds. The molecular weight excluding hydrogens is 359 g/mol. The Bertz CT molecular complexity index is 1010. The molecule has 2 unspecified atom stereocenters. The van der Waals surface area contributed by atoms with Gasteiger partial charge in [0.25, 0.3) is 0 Å². The average molecular weight is 376 g/mol. The molecule has 0 radical (unpaired) electrons. The van der Waals surface area contributed by atoms with E-state index in [0.29, 0.717) is 33.5 Å². The van der Waals surface area contributed by atoms with Crippen LogP contribution in [0.25, 0.3) is 0 Å². The van der Waals surface area contributed by atoms with Crippen molar-refractivity contribution in [3.63, 3.8) is 0 Å². The van der Waals surface area contributed by atoms with Crippen LogP contribution >= 0.6 is 11.8 Å². The van der Waals surface area contributed by atoms with Crippen LogP contribution in [-0.4, -0.2) is 15.9 Å². The molecule has 27 heavy (non-hydrogen) atoms. The van der Waals surface area contributed by atoms with Crippen molar-refractivity contribution in [1.29, 1.82) is 5.26 Å². The molecule has 134 valence electrons. The lowest BCUT2D eigenvalue weighted by Crippen LogP contribution is -2.37. The molecule has 4 rings (SSSR count). The van der Waals surface area contributed by atoms with Crippen molar-refractivity contribution < 1.29 is 4.39 Å². The highest BCUT2D eigenvalue weighted by atomic mass is 32.2. The van der Waals surface area contributed by atoms with Crippen LogP contribution in [0, 0.1) is 34.9 Å². The van der Waals surface area contributed by atoms with E-state index in [1.54, 1.807) is 36.0 Å². The number of pyridine rings is 1. The molecule has 1 aromatic heterocycles. The highest BCUT2D eigenvalue weighted by Crippen LogP contribution is 2.51. The standard InChI is InChI=1S/C21H17FN4S/c22-19-8-5-14(3-6-17-7-4-15(11-23)12-25-17)10-18(19)21-9-1-2-16(21)13-27-20(24)26-21/h4-5,7-8,10,12,16H,1-2,9,13H2,(H2,24,26). The fraction of sp³-hybridized carbons (Fsp3) is 0.286. The Labute approximate surface area is 161 Å². The Hall–Kier alpha value is -2.83. The number of hydrogen-bond acceptors (Lipinski definition) is 5. The highest BCUT2D eigenvalue weighted by Gasteiger charge is 2.47. The minimum absolute atomic E-state index is 0.257. The second kappa shape index (κ2) is 7.06. The maximum atomic E-state index is 14.8. The van der Waals surface area contributed by atoms with Gasteiger partial charge in [0.05, 0.1) is 11.1 Å². The van der Waals surface area contributed by atoms with Crippen LogP contribution in [0.3, 0.4) is 0 Å².